The van der Waals surface area contributed by atoms with Gasteiger partial charge in [-0.2, -0.15) is 0 Å². The fourth-order valence-corrected chi connectivity index (χ4v) is 4.62. The number of aliphatic hydroxyl groups is 1. The van der Waals surface area contributed by atoms with Crippen molar-refractivity contribution in [3.05, 3.63) is 118 Å². The molecular weight excluding hydrogens is 356 g/mol. The van der Waals surface area contributed by atoms with Crippen molar-refractivity contribution in [1.29, 1.82) is 0 Å². The summed E-state index contributed by atoms with van der Waals surface area (Å²) in [7, 11) is 0. The molecule has 142 valence electrons. The molecule has 0 radical (unpaired) electrons. The first-order valence-corrected chi connectivity index (χ1v) is 9.93. The van der Waals surface area contributed by atoms with Gasteiger partial charge in [0, 0.05) is 17.5 Å². The fourth-order valence-electron chi connectivity index (χ4n) is 4.62. The van der Waals surface area contributed by atoms with Crippen molar-refractivity contribution < 1.29 is 9.90 Å². The van der Waals surface area contributed by atoms with Crippen LogP contribution < -0.4 is 0 Å². The van der Waals surface area contributed by atoms with Crippen molar-refractivity contribution in [2.75, 3.05) is 0 Å². The van der Waals surface area contributed by atoms with Gasteiger partial charge in [0.25, 0.3) is 0 Å². The fraction of sp³-hybridized carbons (Fsp3) is 0.148. The second-order valence-corrected chi connectivity index (χ2v) is 8.10. The summed E-state index contributed by atoms with van der Waals surface area (Å²) in [6.07, 6.45) is 0.410. The van der Waals surface area contributed by atoms with Gasteiger partial charge in [0.05, 0.1) is 0 Å². The summed E-state index contributed by atoms with van der Waals surface area (Å²) >= 11 is 0. The van der Waals surface area contributed by atoms with Gasteiger partial charge < -0.3 is 5.11 Å². The van der Waals surface area contributed by atoms with Crippen LogP contribution in [0.1, 0.15) is 43.7 Å². The number of carbonyl (C=O) groups is 1. The van der Waals surface area contributed by atoms with Crippen molar-refractivity contribution in [2.24, 2.45) is 0 Å². The highest BCUT2D eigenvalue weighted by atomic mass is 16.3. The second kappa shape index (κ2) is 6.40. The van der Waals surface area contributed by atoms with E-state index in [1.54, 1.807) is 0 Å². The SMILES string of the molecule is Cc1ccc2c(c1)C(=O)c1cc(C)ccc1C2(O)Cc1cccc2ccccc12. The summed E-state index contributed by atoms with van der Waals surface area (Å²) in [6, 6.07) is 26.0. The van der Waals surface area contributed by atoms with Crippen LogP contribution >= 0.6 is 0 Å². The predicted molar refractivity (Wildman–Crippen MR) is 116 cm³/mol. The molecule has 4 aromatic carbocycles. The standard InChI is InChI=1S/C27H22O2/c1-17-10-12-24-22(14-17)26(28)23-15-18(2)11-13-25(23)27(24,29)16-20-8-5-7-19-6-3-4-9-21(19)20/h3-15,29H,16H2,1-2H3. The van der Waals surface area contributed by atoms with E-state index in [0.29, 0.717) is 28.7 Å². The topological polar surface area (TPSA) is 37.3 Å². The Morgan fingerprint density at radius 3 is 2.00 bits per heavy atom. The Morgan fingerprint density at radius 1 is 0.759 bits per heavy atom. The maximum absolute atomic E-state index is 13.3. The molecule has 0 heterocycles. The Bertz CT molecular complexity index is 1220. The lowest BCUT2D eigenvalue weighted by Crippen LogP contribution is -2.37. The smallest absolute Gasteiger partial charge is 0.193 e. The van der Waals surface area contributed by atoms with Crippen LogP contribution in [0, 0.1) is 13.8 Å². The molecule has 0 fully saturated rings. The largest absolute Gasteiger partial charge is 0.380 e. The molecule has 5 rings (SSSR count). The maximum Gasteiger partial charge on any atom is 0.193 e. The van der Waals surface area contributed by atoms with Gasteiger partial charge in [0.2, 0.25) is 0 Å². The first kappa shape index (κ1) is 17.8. The Balaban J connectivity index is 1.77. The monoisotopic (exact) mass is 378 g/mol. The van der Waals surface area contributed by atoms with Crippen LogP contribution in [-0.4, -0.2) is 10.9 Å². The van der Waals surface area contributed by atoms with E-state index in [2.05, 4.69) is 24.3 Å². The lowest BCUT2D eigenvalue weighted by molar-refractivity contribution is 0.0723. The van der Waals surface area contributed by atoms with E-state index in [4.69, 9.17) is 0 Å². The van der Waals surface area contributed by atoms with Crippen molar-refractivity contribution in [3.63, 3.8) is 0 Å². The van der Waals surface area contributed by atoms with Gasteiger partial charge in [0.15, 0.2) is 5.78 Å². The van der Waals surface area contributed by atoms with Crippen molar-refractivity contribution in [2.45, 2.75) is 25.9 Å². The van der Waals surface area contributed by atoms with Crippen molar-refractivity contribution >= 4 is 16.6 Å². The second-order valence-electron chi connectivity index (χ2n) is 8.10. The van der Waals surface area contributed by atoms with Gasteiger partial charge in [-0.3, -0.25) is 4.79 Å². The van der Waals surface area contributed by atoms with Gasteiger partial charge in [0.1, 0.15) is 5.60 Å². The number of carbonyl (C=O) groups excluding carboxylic acids is 1. The summed E-state index contributed by atoms with van der Waals surface area (Å²) in [5.74, 6) is -0.00926. The van der Waals surface area contributed by atoms with Gasteiger partial charge in [-0.15, -0.1) is 0 Å². The number of benzene rings is 4. The normalized spacial score (nSPS) is 14.5. The first-order valence-electron chi connectivity index (χ1n) is 9.93. The number of ketones is 1. The number of hydrogen-bond acceptors (Lipinski definition) is 2. The van der Waals surface area contributed by atoms with Crippen LogP contribution in [0.2, 0.25) is 0 Å². The summed E-state index contributed by atoms with van der Waals surface area (Å²) in [5, 5.41) is 14.4. The first-order chi connectivity index (χ1) is 14.0. The summed E-state index contributed by atoms with van der Waals surface area (Å²) in [4.78, 5) is 13.3. The quantitative estimate of drug-likeness (QED) is 0.501. The molecule has 0 saturated heterocycles. The van der Waals surface area contributed by atoms with Crippen LogP contribution in [0.5, 0.6) is 0 Å². The molecule has 0 bridgehead atoms. The Hall–Kier alpha value is -3.23. The zero-order valence-corrected chi connectivity index (χ0v) is 16.6. The third-order valence-electron chi connectivity index (χ3n) is 6.06. The highest BCUT2D eigenvalue weighted by Gasteiger charge is 2.42. The van der Waals surface area contributed by atoms with E-state index in [9.17, 15) is 9.90 Å². The number of fused-ring (bicyclic) bond motifs is 3. The van der Waals surface area contributed by atoms with Gasteiger partial charge in [-0.1, -0.05) is 77.9 Å². The predicted octanol–water partition coefficient (Wildman–Crippen LogP) is 5.48. The van der Waals surface area contributed by atoms with Crippen LogP contribution in [0.4, 0.5) is 0 Å². The maximum atomic E-state index is 13.3. The molecule has 1 N–H and O–H groups in total. The molecule has 0 atom stereocenters. The third kappa shape index (κ3) is 2.72. The zero-order chi connectivity index (χ0) is 20.2. The van der Waals surface area contributed by atoms with Crippen LogP contribution in [0.15, 0.2) is 78.9 Å². The summed E-state index contributed by atoms with van der Waals surface area (Å²) in [5.41, 5.74) is 4.43. The molecule has 0 spiro atoms. The van der Waals surface area contributed by atoms with E-state index in [1.165, 1.54) is 0 Å². The zero-order valence-electron chi connectivity index (χ0n) is 16.6. The van der Waals surface area contributed by atoms with E-state index >= 15 is 0 Å². The average molecular weight is 378 g/mol. The van der Waals surface area contributed by atoms with Gasteiger partial charge >= 0.3 is 0 Å². The van der Waals surface area contributed by atoms with Gasteiger partial charge in [-0.05, 0) is 53.4 Å². The van der Waals surface area contributed by atoms with E-state index in [0.717, 1.165) is 27.5 Å². The van der Waals surface area contributed by atoms with E-state index < -0.39 is 5.60 Å². The molecular formula is C27H22O2. The highest BCUT2D eigenvalue weighted by Crippen LogP contribution is 2.43. The molecule has 1 aliphatic carbocycles. The minimum atomic E-state index is -1.26. The van der Waals surface area contributed by atoms with Crippen molar-refractivity contribution in [1.82, 2.24) is 0 Å². The minimum absolute atomic E-state index is 0.00926. The molecule has 0 unspecified atom stereocenters. The molecule has 0 amide bonds. The summed E-state index contributed by atoms with van der Waals surface area (Å²) in [6.45, 7) is 3.95. The lowest BCUT2D eigenvalue weighted by Gasteiger charge is -2.36. The third-order valence-corrected chi connectivity index (χ3v) is 6.06. The van der Waals surface area contributed by atoms with Crippen LogP contribution in [0.25, 0.3) is 10.8 Å². The van der Waals surface area contributed by atoms with E-state index in [-0.39, 0.29) is 5.78 Å². The molecule has 29 heavy (non-hydrogen) atoms. The van der Waals surface area contributed by atoms with Crippen LogP contribution in [-0.2, 0) is 12.0 Å². The number of aryl methyl sites for hydroxylation is 2. The Morgan fingerprint density at radius 2 is 1.34 bits per heavy atom. The molecule has 2 nitrogen and oxygen atoms in total. The Kier molecular flexibility index (Phi) is 3.94. The molecule has 0 aromatic heterocycles. The minimum Gasteiger partial charge on any atom is -0.380 e. The molecule has 0 aliphatic heterocycles. The highest BCUT2D eigenvalue weighted by molar-refractivity contribution is 6.13. The molecule has 2 heteroatoms. The number of rotatable bonds is 2. The summed E-state index contributed by atoms with van der Waals surface area (Å²) < 4.78 is 0. The number of hydrogen-bond donors (Lipinski definition) is 1. The molecule has 1 aliphatic rings. The average Bonchev–Trinajstić information content (AvgIpc) is 2.72. The van der Waals surface area contributed by atoms with E-state index in [1.807, 2.05) is 68.4 Å². The molecule has 4 aromatic rings. The lowest BCUT2D eigenvalue weighted by atomic mass is 9.70. The van der Waals surface area contributed by atoms with Crippen molar-refractivity contribution in [3.8, 4) is 0 Å². The Labute approximate surface area is 170 Å². The molecule has 0 saturated carbocycles. The van der Waals surface area contributed by atoms with Crippen LogP contribution in [0.3, 0.4) is 0 Å². The van der Waals surface area contributed by atoms with Gasteiger partial charge in [-0.25, -0.2) is 0 Å².